The van der Waals surface area contributed by atoms with E-state index in [0.717, 1.165) is 88.5 Å². The van der Waals surface area contributed by atoms with E-state index in [1.54, 1.807) is 0 Å². The molecule has 0 bridgehead atoms. The zero-order valence-corrected chi connectivity index (χ0v) is 27.1. The van der Waals surface area contributed by atoms with Gasteiger partial charge < -0.3 is 30.7 Å². The van der Waals surface area contributed by atoms with Gasteiger partial charge in [-0.05, 0) is 61.4 Å². The van der Waals surface area contributed by atoms with Crippen LogP contribution in [0.25, 0.3) is 44.5 Å². The summed E-state index contributed by atoms with van der Waals surface area (Å²) in [5.41, 5.74) is 11.7. The summed E-state index contributed by atoms with van der Waals surface area (Å²) in [7, 11) is 1.22. The molecular weight excluding hydrogens is 592 g/mol. The molecule has 3 aromatic heterocycles. The van der Waals surface area contributed by atoms with Gasteiger partial charge in [-0.15, -0.1) is 0 Å². The van der Waals surface area contributed by atoms with E-state index in [-0.39, 0.29) is 11.9 Å². The summed E-state index contributed by atoms with van der Waals surface area (Å²) in [6.07, 6.45) is 9.87. The second-order valence-corrected chi connectivity index (χ2v) is 12.6. The normalized spacial score (nSPS) is 17.6. The average molecular weight is 635 g/mol. The van der Waals surface area contributed by atoms with Crippen molar-refractivity contribution < 1.29 is 14.3 Å². The minimum Gasteiger partial charge on any atom is -0.453 e. The first-order chi connectivity index (χ1) is 22.8. The number of aromatic amines is 2. The largest absolute Gasteiger partial charge is 0.453 e. The maximum absolute atomic E-state index is 12.8. The third-order valence-corrected chi connectivity index (χ3v) is 8.78. The van der Waals surface area contributed by atoms with Crippen molar-refractivity contribution in [1.82, 2.24) is 35.1 Å². The number of primary amides is 1. The molecule has 2 atom stereocenters. The molecule has 0 spiro atoms. The van der Waals surface area contributed by atoms with Gasteiger partial charge in [0.15, 0.2) is 0 Å². The van der Waals surface area contributed by atoms with Gasteiger partial charge in [0.25, 0.3) is 0 Å². The summed E-state index contributed by atoms with van der Waals surface area (Å²) in [6, 6.07) is 17.4. The molecule has 0 radical (unpaired) electrons. The number of imidazole rings is 2. The highest BCUT2D eigenvalue weighted by molar-refractivity contribution is 5.87. The van der Waals surface area contributed by atoms with Gasteiger partial charge >= 0.3 is 6.09 Å². The standard InChI is InChI=1S/C34H37N7O.C2H5NO2/c1-21(2)15-32(42)41-14-4-6-31(41)34-38-19-29(40-34)23-9-7-22(8-10-23)26-16-24-11-12-25(17-28(24)36-18-26)30-20-37-33(39-30)27-5-3-13-35-27;1-5-2(3)4/h7-12,16-21,27,31,35H,3-6,13-15H2,1-2H3,(H,37,39)(H,38,40);1H3,(H2,3,4)/t27?,31-;/m0./s1. The Morgan fingerprint density at radius 1 is 0.872 bits per heavy atom. The van der Waals surface area contributed by atoms with Crippen LogP contribution in [0.15, 0.2) is 67.1 Å². The van der Waals surface area contributed by atoms with E-state index in [4.69, 9.17) is 4.98 Å². The van der Waals surface area contributed by atoms with Crippen LogP contribution in [-0.4, -0.2) is 62.0 Å². The number of aromatic nitrogens is 5. The maximum atomic E-state index is 12.8. The van der Waals surface area contributed by atoms with Gasteiger partial charge in [-0.2, -0.15) is 0 Å². The Kier molecular flexibility index (Phi) is 9.63. The van der Waals surface area contributed by atoms with Crippen LogP contribution in [-0.2, 0) is 9.53 Å². The van der Waals surface area contributed by atoms with E-state index >= 15 is 0 Å². The molecule has 2 aliphatic heterocycles. The van der Waals surface area contributed by atoms with E-state index in [0.29, 0.717) is 18.4 Å². The van der Waals surface area contributed by atoms with Crippen molar-refractivity contribution in [2.24, 2.45) is 11.7 Å². The van der Waals surface area contributed by atoms with Crippen LogP contribution in [0, 0.1) is 5.92 Å². The van der Waals surface area contributed by atoms with Crippen LogP contribution in [0.2, 0.25) is 0 Å². The minimum absolute atomic E-state index is 0.0353. The number of carbonyl (C=O) groups is 2. The molecule has 2 aliphatic rings. The molecule has 2 saturated heterocycles. The molecule has 7 rings (SSSR count). The summed E-state index contributed by atoms with van der Waals surface area (Å²) in [6.45, 7) is 6.04. The second-order valence-electron chi connectivity index (χ2n) is 12.6. The van der Waals surface area contributed by atoms with Crippen LogP contribution in [0.1, 0.15) is 69.7 Å². The second kappa shape index (κ2) is 14.2. The van der Waals surface area contributed by atoms with E-state index < -0.39 is 6.09 Å². The predicted molar refractivity (Wildman–Crippen MR) is 182 cm³/mol. The number of amides is 2. The number of nitrogens with zero attached hydrogens (tertiary/aromatic N) is 4. The number of nitrogens with two attached hydrogens (primary N) is 1. The van der Waals surface area contributed by atoms with Crippen molar-refractivity contribution in [3.8, 4) is 33.6 Å². The molecule has 244 valence electrons. The summed E-state index contributed by atoms with van der Waals surface area (Å²) >= 11 is 0. The summed E-state index contributed by atoms with van der Waals surface area (Å²) in [4.78, 5) is 45.2. The third kappa shape index (κ3) is 7.36. The number of fused-ring (bicyclic) bond motifs is 1. The van der Waals surface area contributed by atoms with Crippen molar-refractivity contribution in [2.45, 2.75) is 58.0 Å². The first kappa shape index (κ1) is 31.9. The van der Waals surface area contributed by atoms with E-state index in [1.165, 1.54) is 13.5 Å². The van der Waals surface area contributed by atoms with Gasteiger partial charge in [0, 0.05) is 35.7 Å². The SMILES string of the molecule is CC(C)CC(=O)N1CCC[C@H]1c1ncc(-c2ccc(-c3cnc4cc(-c5cnc(C6CCCN6)[nH]5)ccc4c3)cc2)[nH]1.COC(N)=O. The number of ether oxygens (including phenoxy) is 1. The van der Waals surface area contributed by atoms with Crippen LogP contribution in [0.5, 0.6) is 0 Å². The van der Waals surface area contributed by atoms with Crippen LogP contribution in [0.4, 0.5) is 4.79 Å². The number of nitrogens with one attached hydrogen (secondary N) is 3. The van der Waals surface area contributed by atoms with Crippen LogP contribution >= 0.6 is 0 Å². The number of rotatable bonds is 7. The fourth-order valence-corrected chi connectivity index (χ4v) is 6.34. The van der Waals surface area contributed by atoms with Crippen LogP contribution in [0.3, 0.4) is 0 Å². The number of benzene rings is 2. The highest BCUT2D eigenvalue weighted by Crippen LogP contribution is 2.33. The molecule has 2 fully saturated rings. The highest BCUT2D eigenvalue weighted by Gasteiger charge is 2.32. The molecule has 5 heterocycles. The number of likely N-dealkylation sites (tertiary alicyclic amines) is 1. The fraction of sp³-hybridized carbons (Fsp3) is 0.361. The topological polar surface area (TPSA) is 155 Å². The lowest BCUT2D eigenvalue weighted by atomic mass is 10.0. The lowest BCUT2D eigenvalue weighted by molar-refractivity contribution is -0.133. The minimum atomic E-state index is -0.745. The zero-order chi connectivity index (χ0) is 32.9. The molecule has 0 aliphatic carbocycles. The number of hydrogen-bond donors (Lipinski definition) is 4. The zero-order valence-electron chi connectivity index (χ0n) is 27.1. The molecule has 11 heteroatoms. The van der Waals surface area contributed by atoms with Gasteiger partial charge in [0.05, 0.1) is 48.5 Å². The first-order valence-electron chi connectivity index (χ1n) is 16.3. The molecule has 47 heavy (non-hydrogen) atoms. The van der Waals surface area contributed by atoms with Crippen molar-refractivity contribution in [2.75, 3.05) is 20.2 Å². The van der Waals surface area contributed by atoms with E-state index in [2.05, 4.69) is 98.1 Å². The lowest BCUT2D eigenvalue weighted by Gasteiger charge is -2.24. The van der Waals surface area contributed by atoms with Crippen LogP contribution < -0.4 is 11.1 Å². The first-order valence-corrected chi connectivity index (χ1v) is 16.3. The van der Waals surface area contributed by atoms with Gasteiger partial charge in [-0.1, -0.05) is 50.2 Å². The quantitative estimate of drug-likeness (QED) is 0.159. The van der Waals surface area contributed by atoms with Gasteiger partial charge in [0.2, 0.25) is 5.91 Å². The Balaban J connectivity index is 0.000000720. The average Bonchev–Trinajstić information content (AvgIpc) is 3.91. The summed E-state index contributed by atoms with van der Waals surface area (Å²) in [5.74, 6) is 2.47. The molecule has 1 unspecified atom stereocenters. The highest BCUT2D eigenvalue weighted by atomic mass is 16.5. The Morgan fingerprint density at radius 2 is 1.55 bits per heavy atom. The van der Waals surface area contributed by atoms with E-state index in [9.17, 15) is 9.59 Å². The van der Waals surface area contributed by atoms with Crippen molar-refractivity contribution in [1.29, 1.82) is 0 Å². The summed E-state index contributed by atoms with van der Waals surface area (Å²) < 4.78 is 3.89. The van der Waals surface area contributed by atoms with E-state index in [1.807, 2.05) is 23.5 Å². The molecule has 2 amide bonds. The molecule has 0 saturated carbocycles. The predicted octanol–water partition coefficient (Wildman–Crippen LogP) is 6.53. The van der Waals surface area contributed by atoms with Crippen molar-refractivity contribution >= 4 is 22.9 Å². The van der Waals surface area contributed by atoms with Gasteiger partial charge in [0.1, 0.15) is 11.6 Å². The number of hydrogen-bond acceptors (Lipinski definition) is 7. The molecule has 5 N–H and O–H groups in total. The Bertz CT molecular complexity index is 1840. The Hall–Kier alpha value is -5.03. The number of methoxy groups -OCH3 is 1. The Morgan fingerprint density at radius 3 is 2.26 bits per heavy atom. The third-order valence-electron chi connectivity index (χ3n) is 8.78. The van der Waals surface area contributed by atoms with Gasteiger partial charge in [-0.25, -0.2) is 14.8 Å². The number of carbonyl (C=O) groups excluding carboxylic acids is 2. The number of H-pyrrole nitrogens is 2. The van der Waals surface area contributed by atoms with Crippen molar-refractivity contribution in [3.05, 3.63) is 78.8 Å². The molecular formula is C36H42N8O3. The summed E-state index contributed by atoms with van der Waals surface area (Å²) in [5, 5.41) is 4.60. The van der Waals surface area contributed by atoms with Gasteiger partial charge in [-0.3, -0.25) is 9.78 Å². The van der Waals surface area contributed by atoms with Crippen molar-refractivity contribution in [3.63, 3.8) is 0 Å². The molecule has 11 nitrogen and oxygen atoms in total. The lowest BCUT2D eigenvalue weighted by Crippen LogP contribution is -2.31. The molecule has 2 aromatic carbocycles. The number of pyridine rings is 1. The smallest absolute Gasteiger partial charge is 0.404 e. The monoisotopic (exact) mass is 634 g/mol. The molecule has 5 aromatic rings. The fourth-order valence-electron chi connectivity index (χ4n) is 6.34. The maximum Gasteiger partial charge on any atom is 0.404 e. The Labute approximate surface area is 274 Å².